The second kappa shape index (κ2) is 5.97. The molecule has 1 aromatic carbocycles. The quantitative estimate of drug-likeness (QED) is 0.843. The standard InChI is InChI=1S/C13H15F3N2OS/c14-13(15,16)11-6-8(3-4-10(11)12(17)20)18-9-2-1-5-19-7-9/h3-4,6,9,18H,1-2,5,7H2,(H2,17,20). The molecule has 0 bridgehead atoms. The Hall–Kier alpha value is -1.34. The van der Waals surface area contributed by atoms with Crippen LogP contribution >= 0.6 is 12.2 Å². The number of benzene rings is 1. The summed E-state index contributed by atoms with van der Waals surface area (Å²) in [5.41, 5.74) is 4.76. The van der Waals surface area contributed by atoms with Gasteiger partial charge in [0, 0.05) is 23.9 Å². The fourth-order valence-corrected chi connectivity index (χ4v) is 2.35. The number of ether oxygens (including phenoxy) is 1. The van der Waals surface area contributed by atoms with Crippen LogP contribution in [-0.2, 0) is 10.9 Å². The fraction of sp³-hybridized carbons (Fsp3) is 0.462. The second-order valence-electron chi connectivity index (χ2n) is 4.68. The van der Waals surface area contributed by atoms with E-state index >= 15 is 0 Å². The van der Waals surface area contributed by atoms with Crippen molar-refractivity contribution in [1.29, 1.82) is 0 Å². The highest BCUT2D eigenvalue weighted by Crippen LogP contribution is 2.34. The highest BCUT2D eigenvalue weighted by atomic mass is 32.1. The minimum Gasteiger partial charge on any atom is -0.389 e. The first-order valence-corrected chi connectivity index (χ1v) is 6.64. The molecule has 2 rings (SSSR count). The van der Waals surface area contributed by atoms with Crippen LogP contribution in [0.15, 0.2) is 18.2 Å². The van der Waals surface area contributed by atoms with Crippen molar-refractivity contribution in [3.05, 3.63) is 29.3 Å². The molecule has 0 radical (unpaired) electrons. The molecule has 3 N–H and O–H groups in total. The van der Waals surface area contributed by atoms with E-state index in [4.69, 9.17) is 10.5 Å². The zero-order valence-corrected chi connectivity index (χ0v) is 11.5. The summed E-state index contributed by atoms with van der Waals surface area (Å²) in [6.45, 7) is 1.20. The van der Waals surface area contributed by atoms with Gasteiger partial charge in [-0.05, 0) is 31.0 Å². The third-order valence-corrected chi connectivity index (χ3v) is 3.34. The number of hydrogen-bond donors (Lipinski definition) is 2. The van der Waals surface area contributed by atoms with Crippen LogP contribution in [0.5, 0.6) is 0 Å². The normalized spacial score (nSPS) is 19.6. The van der Waals surface area contributed by atoms with Gasteiger partial charge in [0.15, 0.2) is 0 Å². The molecule has 0 saturated carbocycles. The summed E-state index contributed by atoms with van der Waals surface area (Å²) in [6.07, 6.45) is -2.72. The SMILES string of the molecule is NC(=S)c1ccc(NC2CCCOC2)cc1C(F)(F)F. The largest absolute Gasteiger partial charge is 0.417 e. The molecule has 7 heteroatoms. The van der Waals surface area contributed by atoms with Crippen molar-refractivity contribution >= 4 is 22.9 Å². The molecule has 1 fully saturated rings. The van der Waals surface area contributed by atoms with Gasteiger partial charge >= 0.3 is 6.18 Å². The second-order valence-corrected chi connectivity index (χ2v) is 5.12. The van der Waals surface area contributed by atoms with Gasteiger partial charge in [-0.2, -0.15) is 13.2 Å². The number of nitrogens with two attached hydrogens (primary N) is 1. The predicted octanol–water partition coefficient (Wildman–Crippen LogP) is 2.93. The molecule has 1 atom stereocenters. The average molecular weight is 304 g/mol. The summed E-state index contributed by atoms with van der Waals surface area (Å²) in [5.74, 6) is 0. The molecule has 1 aliphatic heterocycles. The van der Waals surface area contributed by atoms with Crippen LogP contribution in [0, 0.1) is 0 Å². The van der Waals surface area contributed by atoms with Crippen LogP contribution in [0.1, 0.15) is 24.0 Å². The van der Waals surface area contributed by atoms with Gasteiger partial charge in [0.05, 0.1) is 12.2 Å². The molecular weight excluding hydrogens is 289 g/mol. The molecule has 1 unspecified atom stereocenters. The Labute approximate surface area is 120 Å². The Bertz CT molecular complexity index is 499. The first-order chi connectivity index (χ1) is 9.38. The maximum atomic E-state index is 13.0. The van der Waals surface area contributed by atoms with E-state index in [0.717, 1.165) is 18.9 Å². The van der Waals surface area contributed by atoms with Crippen molar-refractivity contribution in [3.8, 4) is 0 Å². The topological polar surface area (TPSA) is 47.3 Å². The molecule has 110 valence electrons. The Morgan fingerprint density at radius 1 is 1.40 bits per heavy atom. The number of alkyl halides is 3. The molecule has 20 heavy (non-hydrogen) atoms. The van der Waals surface area contributed by atoms with E-state index in [1.807, 2.05) is 0 Å². The Balaban J connectivity index is 2.25. The minimum absolute atomic E-state index is 0.0283. The summed E-state index contributed by atoms with van der Waals surface area (Å²) in [4.78, 5) is -0.259. The van der Waals surface area contributed by atoms with E-state index in [1.54, 1.807) is 6.07 Å². The van der Waals surface area contributed by atoms with E-state index in [9.17, 15) is 13.2 Å². The summed E-state index contributed by atoms with van der Waals surface area (Å²) < 4.78 is 44.3. The van der Waals surface area contributed by atoms with E-state index in [2.05, 4.69) is 17.5 Å². The van der Waals surface area contributed by atoms with E-state index in [1.165, 1.54) is 6.07 Å². The molecule has 1 aromatic rings. The van der Waals surface area contributed by atoms with Gasteiger partial charge < -0.3 is 15.8 Å². The van der Waals surface area contributed by atoms with Crippen molar-refractivity contribution in [2.45, 2.75) is 25.1 Å². The van der Waals surface area contributed by atoms with E-state index in [-0.39, 0.29) is 16.6 Å². The van der Waals surface area contributed by atoms with Crippen LogP contribution in [0.25, 0.3) is 0 Å². The summed E-state index contributed by atoms with van der Waals surface area (Å²) in [7, 11) is 0. The molecule has 0 aliphatic carbocycles. The average Bonchev–Trinajstić information content (AvgIpc) is 2.38. The number of rotatable bonds is 3. The number of halogens is 3. The highest BCUT2D eigenvalue weighted by Gasteiger charge is 2.34. The highest BCUT2D eigenvalue weighted by molar-refractivity contribution is 7.80. The molecule has 3 nitrogen and oxygen atoms in total. The van der Waals surface area contributed by atoms with Crippen molar-refractivity contribution < 1.29 is 17.9 Å². The number of anilines is 1. The van der Waals surface area contributed by atoms with Crippen LogP contribution in [0.4, 0.5) is 18.9 Å². The van der Waals surface area contributed by atoms with Gasteiger partial charge in [0.1, 0.15) is 4.99 Å². The molecule has 1 aliphatic rings. The molecule has 0 amide bonds. The van der Waals surface area contributed by atoms with Crippen molar-refractivity contribution in [2.75, 3.05) is 18.5 Å². The number of nitrogens with one attached hydrogen (secondary N) is 1. The third-order valence-electron chi connectivity index (χ3n) is 3.12. The molecular formula is C13H15F3N2OS. The molecule has 1 heterocycles. The van der Waals surface area contributed by atoms with Gasteiger partial charge in [-0.1, -0.05) is 12.2 Å². The summed E-state index contributed by atoms with van der Waals surface area (Å²) >= 11 is 4.66. The van der Waals surface area contributed by atoms with Crippen LogP contribution in [-0.4, -0.2) is 24.2 Å². The zero-order chi connectivity index (χ0) is 14.8. The van der Waals surface area contributed by atoms with Crippen molar-refractivity contribution in [2.24, 2.45) is 5.73 Å². The lowest BCUT2D eigenvalue weighted by molar-refractivity contribution is -0.137. The molecule has 0 spiro atoms. The lowest BCUT2D eigenvalue weighted by Crippen LogP contribution is -2.30. The monoisotopic (exact) mass is 304 g/mol. The maximum Gasteiger partial charge on any atom is 0.417 e. The summed E-state index contributed by atoms with van der Waals surface area (Å²) in [6, 6.07) is 3.93. The fourth-order valence-electron chi connectivity index (χ4n) is 2.17. The zero-order valence-electron chi connectivity index (χ0n) is 10.7. The van der Waals surface area contributed by atoms with Crippen molar-refractivity contribution in [1.82, 2.24) is 0 Å². The Morgan fingerprint density at radius 2 is 2.15 bits per heavy atom. The van der Waals surface area contributed by atoms with E-state index in [0.29, 0.717) is 18.9 Å². The van der Waals surface area contributed by atoms with Gasteiger partial charge in [-0.15, -0.1) is 0 Å². The lowest BCUT2D eigenvalue weighted by Gasteiger charge is -2.25. The van der Waals surface area contributed by atoms with Gasteiger partial charge in [0.2, 0.25) is 0 Å². The van der Waals surface area contributed by atoms with Gasteiger partial charge in [-0.25, -0.2) is 0 Å². The smallest absolute Gasteiger partial charge is 0.389 e. The minimum atomic E-state index is -4.49. The molecule has 1 saturated heterocycles. The van der Waals surface area contributed by atoms with Crippen LogP contribution in [0.3, 0.4) is 0 Å². The Morgan fingerprint density at radius 3 is 2.70 bits per heavy atom. The van der Waals surface area contributed by atoms with Gasteiger partial charge in [-0.3, -0.25) is 0 Å². The number of thiocarbonyl (C=S) groups is 1. The summed E-state index contributed by atoms with van der Waals surface area (Å²) in [5, 5.41) is 3.05. The Kier molecular flexibility index (Phi) is 4.49. The first kappa shape index (κ1) is 15.1. The van der Waals surface area contributed by atoms with Gasteiger partial charge in [0.25, 0.3) is 0 Å². The van der Waals surface area contributed by atoms with E-state index < -0.39 is 11.7 Å². The lowest BCUT2D eigenvalue weighted by atomic mass is 10.0. The van der Waals surface area contributed by atoms with Crippen LogP contribution < -0.4 is 11.1 Å². The third kappa shape index (κ3) is 3.61. The predicted molar refractivity (Wildman–Crippen MR) is 74.8 cm³/mol. The van der Waals surface area contributed by atoms with Crippen LogP contribution in [0.2, 0.25) is 0 Å². The maximum absolute atomic E-state index is 13.0. The first-order valence-electron chi connectivity index (χ1n) is 6.23. The van der Waals surface area contributed by atoms with Crippen molar-refractivity contribution in [3.63, 3.8) is 0 Å². The number of hydrogen-bond acceptors (Lipinski definition) is 3. The molecule has 0 aromatic heterocycles.